The number of thiazole rings is 1. The highest BCUT2D eigenvalue weighted by molar-refractivity contribution is 9.10. The number of carbonyl (C=O) groups excluding carboxylic acids is 1. The molecular weight excluding hydrogens is 671 g/mol. The summed E-state index contributed by atoms with van der Waals surface area (Å²) in [6, 6.07) is 24.2. The van der Waals surface area contributed by atoms with Crippen molar-refractivity contribution in [1.29, 1.82) is 0 Å². The first-order valence-electron chi connectivity index (χ1n) is 13.0. The molecule has 5 rings (SSSR count). The van der Waals surface area contributed by atoms with Crippen molar-refractivity contribution in [2.24, 2.45) is 5.10 Å². The lowest BCUT2D eigenvalue weighted by Gasteiger charge is -2.14. The van der Waals surface area contributed by atoms with E-state index in [0.717, 1.165) is 27.6 Å². The van der Waals surface area contributed by atoms with E-state index in [4.69, 9.17) is 32.7 Å². The molecule has 0 atom stereocenters. The number of nitrogens with one attached hydrogen (secondary N) is 2. The molecule has 7 nitrogen and oxygen atoms in total. The van der Waals surface area contributed by atoms with Crippen molar-refractivity contribution in [3.63, 3.8) is 0 Å². The number of halogens is 3. The van der Waals surface area contributed by atoms with Crippen LogP contribution in [0.15, 0.2) is 93.8 Å². The highest BCUT2D eigenvalue weighted by atomic mass is 79.9. The number of nitrogens with zero attached hydrogens (tertiary/aromatic N) is 2. The standard InChI is InChI=1S/C32H25BrCl2N4O3S/c1-19-3-10-24(11-4-19)37-32-38-28(18-43-32)22-6-8-23(9-7-22)31(40)39-36-16-21-13-25(33)30(29(15-21)41-2)42-17-20-5-12-26(34)27(35)14-20/h3-16,18H,17H2,1-2H3,(H,37,38)(H,39,40)/b36-16-. The molecule has 0 radical (unpaired) electrons. The molecule has 0 aliphatic carbocycles. The third-order valence-corrected chi connectivity index (χ3v) is 8.33. The Hall–Kier alpha value is -3.89. The number of hydrogen-bond donors (Lipinski definition) is 2. The maximum atomic E-state index is 12.7. The molecule has 2 N–H and O–H groups in total. The van der Waals surface area contributed by atoms with E-state index in [9.17, 15) is 4.79 Å². The fraction of sp³-hybridized carbons (Fsp3) is 0.0938. The van der Waals surface area contributed by atoms with E-state index in [0.29, 0.717) is 37.1 Å². The molecule has 11 heteroatoms. The summed E-state index contributed by atoms with van der Waals surface area (Å²) in [6.07, 6.45) is 1.53. The van der Waals surface area contributed by atoms with Gasteiger partial charge in [0.2, 0.25) is 0 Å². The molecule has 1 amide bonds. The number of ether oxygens (including phenoxy) is 2. The third kappa shape index (κ3) is 7.94. The van der Waals surface area contributed by atoms with Gasteiger partial charge in [-0.1, -0.05) is 59.1 Å². The number of methoxy groups -OCH3 is 1. The molecule has 218 valence electrons. The van der Waals surface area contributed by atoms with Crippen molar-refractivity contribution < 1.29 is 14.3 Å². The number of aromatic nitrogens is 1. The van der Waals surface area contributed by atoms with Crippen molar-refractivity contribution >= 4 is 73.4 Å². The van der Waals surface area contributed by atoms with E-state index >= 15 is 0 Å². The Labute approximate surface area is 271 Å². The van der Waals surface area contributed by atoms with Gasteiger partial charge in [0.25, 0.3) is 5.91 Å². The van der Waals surface area contributed by atoms with Crippen molar-refractivity contribution in [2.45, 2.75) is 13.5 Å². The van der Waals surface area contributed by atoms with Crippen molar-refractivity contribution in [2.75, 3.05) is 12.4 Å². The molecule has 0 aliphatic heterocycles. The molecule has 43 heavy (non-hydrogen) atoms. The summed E-state index contributed by atoms with van der Waals surface area (Å²) in [5, 5.41) is 11.1. The Balaban J connectivity index is 1.18. The molecular formula is C32H25BrCl2N4O3S. The molecule has 0 saturated carbocycles. The zero-order valence-corrected chi connectivity index (χ0v) is 26.9. The summed E-state index contributed by atoms with van der Waals surface area (Å²) >= 11 is 17.2. The Kier molecular flexibility index (Phi) is 9.99. The minimum Gasteiger partial charge on any atom is -0.493 e. The summed E-state index contributed by atoms with van der Waals surface area (Å²) in [4.78, 5) is 17.4. The largest absolute Gasteiger partial charge is 0.493 e. The minimum absolute atomic E-state index is 0.266. The predicted molar refractivity (Wildman–Crippen MR) is 179 cm³/mol. The summed E-state index contributed by atoms with van der Waals surface area (Å²) in [5.74, 6) is 0.681. The summed E-state index contributed by atoms with van der Waals surface area (Å²) in [6.45, 7) is 2.32. The number of hydrogen-bond acceptors (Lipinski definition) is 7. The summed E-state index contributed by atoms with van der Waals surface area (Å²) < 4.78 is 12.2. The zero-order chi connectivity index (χ0) is 30.3. The molecule has 0 bridgehead atoms. The number of hydrazone groups is 1. The molecule has 0 fully saturated rings. The lowest BCUT2D eigenvalue weighted by molar-refractivity contribution is 0.0955. The van der Waals surface area contributed by atoms with Crippen LogP contribution in [0.5, 0.6) is 11.5 Å². The van der Waals surface area contributed by atoms with Gasteiger partial charge < -0.3 is 14.8 Å². The second-order valence-electron chi connectivity index (χ2n) is 9.38. The van der Waals surface area contributed by atoms with E-state index in [-0.39, 0.29) is 12.5 Å². The summed E-state index contributed by atoms with van der Waals surface area (Å²) in [5.41, 5.74) is 8.51. The van der Waals surface area contributed by atoms with Crippen molar-refractivity contribution in [1.82, 2.24) is 10.4 Å². The van der Waals surface area contributed by atoms with Gasteiger partial charge in [-0.15, -0.1) is 11.3 Å². The lowest BCUT2D eigenvalue weighted by atomic mass is 10.1. The average molecular weight is 696 g/mol. The van der Waals surface area contributed by atoms with E-state index in [1.807, 2.05) is 53.9 Å². The number of aryl methyl sites for hydroxylation is 1. The van der Waals surface area contributed by atoms with E-state index < -0.39 is 0 Å². The van der Waals surface area contributed by atoms with Gasteiger partial charge in [-0.2, -0.15) is 5.10 Å². The highest BCUT2D eigenvalue weighted by Crippen LogP contribution is 2.37. The van der Waals surface area contributed by atoms with Gasteiger partial charge in [0.15, 0.2) is 16.6 Å². The minimum atomic E-state index is -0.338. The van der Waals surface area contributed by atoms with Gasteiger partial charge in [0, 0.05) is 22.2 Å². The normalized spacial score (nSPS) is 11.0. The van der Waals surface area contributed by atoms with Gasteiger partial charge in [-0.25, -0.2) is 10.4 Å². The van der Waals surface area contributed by atoms with Crippen molar-refractivity contribution in [3.8, 4) is 22.8 Å². The second-order valence-corrected chi connectivity index (χ2v) is 11.9. The number of carbonyl (C=O) groups is 1. The van der Waals surface area contributed by atoms with Gasteiger partial charge in [0.1, 0.15) is 6.61 Å². The van der Waals surface area contributed by atoms with Gasteiger partial charge >= 0.3 is 0 Å². The molecule has 4 aromatic carbocycles. The second kappa shape index (κ2) is 14.1. The van der Waals surface area contributed by atoms with Crippen LogP contribution in [0.2, 0.25) is 10.0 Å². The predicted octanol–water partition coefficient (Wildman–Crippen LogP) is 9.28. The lowest BCUT2D eigenvalue weighted by Crippen LogP contribution is -2.17. The SMILES string of the molecule is COc1cc(/C=N\NC(=O)c2ccc(-c3csc(Nc4ccc(C)cc4)n3)cc2)cc(Br)c1OCc1ccc(Cl)c(Cl)c1. The maximum Gasteiger partial charge on any atom is 0.271 e. The first-order valence-corrected chi connectivity index (χ1v) is 15.4. The third-order valence-electron chi connectivity index (χ3n) is 6.25. The van der Waals surface area contributed by atoms with Crippen LogP contribution >= 0.6 is 50.5 Å². The Morgan fingerprint density at radius 2 is 1.79 bits per heavy atom. The van der Waals surface area contributed by atoms with Crippen LogP contribution in [0.3, 0.4) is 0 Å². The number of amides is 1. The smallest absolute Gasteiger partial charge is 0.271 e. The van der Waals surface area contributed by atoms with Crippen LogP contribution in [0.4, 0.5) is 10.8 Å². The first kappa shape index (κ1) is 30.6. The Morgan fingerprint density at radius 1 is 1.02 bits per heavy atom. The fourth-order valence-corrected chi connectivity index (χ4v) is 5.62. The first-order chi connectivity index (χ1) is 20.8. The molecule has 5 aromatic rings. The number of anilines is 2. The Morgan fingerprint density at radius 3 is 2.51 bits per heavy atom. The molecule has 0 spiro atoms. The topological polar surface area (TPSA) is 84.8 Å². The molecule has 1 heterocycles. The van der Waals surface area contributed by atoms with Crippen LogP contribution in [0.1, 0.15) is 27.0 Å². The Bertz CT molecular complexity index is 1780. The number of rotatable bonds is 10. The van der Waals surface area contributed by atoms with Crippen LogP contribution < -0.4 is 20.2 Å². The van der Waals surface area contributed by atoms with E-state index in [1.165, 1.54) is 23.1 Å². The van der Waals surface area contributed by atoms with Crippen LogP contribution in [0.25, 0.3) is 11.3 Å². The molecule has 0 aliphatic rings. The van der Waals surface area contributed by atoms with Crippen LogP contribution in [-0.4, -0.2) is 24.2 Å². The monoisotopic (exact) mass is 694 g/mol. The fourth-order valence-electron chi connectivity index (χ4n) is 3.99. The number of benzene rings is 4. The van der Waals surface area contributed by atoms with Gasteiger partial charge in [-0.3, -0.25) is 4.79 Å². The van der Waals surface area contributed by atoms with Crippen molar-refractivity contribution in [3.05, 3.63) is 121 Å². The van der Waals surface area contributed by atoms with Gasteiger partial charge in [-0.05, 0) is 82.5 Å². The zero-order valence-electron chi connectivity index (χ0n) is 23.0. The van der Waals surface area contributed by atoms with E-state index in [2.05, 4.69) is 43.7 Å². The molecule has 0 saturated heterocycles. The molecule has 1 aromatic heterocycles. The van der Waals surface area contributed by atoms with Crippen LogP contribution in [-0.2, 0) is 6.61 Å². The summed E-state index contributed by atoms with van der Waals surface area (Å²) in [7, 11) is 1.55. The van der Waals surface area contributed by atoms with Crippen LogP contribution in [0, 0.1) is 6.92 Å². The van der Waals surface area contributed by atoms with Gasteiger partial charge in [0.05, 0.1) is 33.5 Å². The molecule has 0 unspecified atom stereocenters. The average Bonchev–Trinajstić information content (AvgIpc) is 3.47. The quantitative estimate of drug-likeness (QED) is 0.112. The van der Waals surface area contributed by atoms with E-state index in [1.54, 1.807) is 37.4 Å². The maximum absolute atomic E-state index is 12.7. The highest BCUT2D eigenvalue weighted by Gasteiger charge is 2.13.